The highest BCUT2D eigenvalue weighted by molar-refractivity contribution is 6.21. The summed E-state index contributed by atoms with van der Waals surface area (Å²) in [4.78, 5) is 29.1. The Morgan fingerprint density at radius 1 is 1.10 bits per heavy atom. The van der Waals surface area contributed by atoms with E-state index in [0.717, 1.165) is 45.6 Å². The molecule has 0 bridgehead atoms. The molecule has 1 aliphatic carbocycles. The first kappa shape index (κ1) is 19.9. The van der Waals surface area contributed by atoms with E-state index in [9.17, 15) is 9.59 Å². The van der Waals surface area contributed by atoms with Crippen LogP contribution in [-0.4, -0.2) is 52.3 Å². The van der Waals surface area contributed by atoms with E-state index in [0.29, 0.717) is 17.2 Å². The molecule has 29 heavy (non-hydrogen) atoms. The summed E-state index contributed by atoms with van der Waals surface area (Å²) in [6, 6.07) is 5.17. The highest BCUT2D eigenvalue weighted by Gasteiger charge is 2.47. The number of quaternary nitrogens is 1. The molecule has 0 saturated carbocycles. The summed E-state index contributed by atoms with van der Waals surface area (Å²) in [7, 11) is 3.10. The van der Waals surface area contributed by atoms with Crippen molar-refractivity contribution in [1.82, 2.24) is 0 Å². The van der Waals surface area contributed by atoms with Crippen molar-refractivity contribution in [2.24, 2.45) is 11.8 Å². The van der Waals surface area contributed by atoms with Crippen LogP contribution in [-0.2, 0) is 14.3 Å². The van der Waals surface area contributed by atoms with Gasteiger partial charge in [-0.1, -0.05) is 0 Å². The van der Waals surface area contributed by atoms with Gasteiger partial charge in [0.25, 0.3) is 0 Å². The first-order chi connectivity index (χ1) is 14.1. The fraction of sp³-hybridized carbons (Fsp3) is 0.545. The Kier molecular flexibility index (Phi) is 5.87. The average molecular weight is 401 g/mol. The molecule has 0 spiro atoms. The van der Waals surface area contributed by atoms with Gasteiger partial charge in [-0.25, -0.2) is 4.90 Å². The molecule has 2 fully saturated rings. The van der Waals surface area contributed by atoms with Crippen LogP contribution in [0.4, 0.5) is 5.69 Å². The predicted octanol–water partition coefficient (Wildman–Crippen LogP) is 1.18. The maximum atomic E-state index is 13.4. The number of methoxy groups -OCH3 is 2. The number of amides is 2. The lowest BCUT2D eigenvalue weighted by Gasteiger charge is -2.34. The zero-order chi connectivity index (χ0) is 20.4. The number of hydrogen-bond acceptors (Lipinski definition) is 5. The third kappa shape index (κ3) is 3.76. The second-order valence-corrected chi connectivity index (χ2v) is 7.83. The smallest absolute Gasteiger partial charge is 0.238 e. The Labute approximate surface area is 171 Å². The second-order valence-electron chi connectivity index (χ2n) is 7.83. The molecule has 0 unspecified atom stereocenters. The quantitative estimate of drug-likeness (QED) is 0.751. The van der Waals surface area contributed by atoms with Crippen LogP contribution in [0.15, 0.2) is 30.0 Å². The van der Waals surface area contributed by atoms with Gasteiger partial charge in [0, 0.05) is 18.4 Å². The molecule has 2 amide bonds. The van der Waals surface area contributed by atoms with Crippen molar-refractivity contribution < 1.29 is 28.7 Å². The Morgan fingerprint density at radius 3 is 2.62 bits per heavy atom. The standard InChI is InChI=1S/C22H28N2O5/c1-27-15-7-8-19(20(13-15)28-2)24-21(25)14-17(22(24)26)16-5-3-4-6-18(16)23-9-11-29-12-10-23/h6-8,13,16-17H,3-5,9-12,14H2,1-2H3/p+1/t16-,17-/m0/s1. The van der Waals surface area contributed by atoms with Crippen molar-refractivity contribution in [1.29, 1.82) is 0 Å². The summed E-state index contributed by atoms with van der Waals surface area (Å²) in [6.45, 7) is 3.33. The number of nitrogens with zero attached hydrogens (tertiary/aromatic N) is 1. The van der Waals surface area contributed by atoms with Gasteiger partial charge in [0.15, 0.2) is 0 Å². The van der Waals surface area contributed by atoms with E-state index >= 15 is 0 Å². The van der Waals surface area contributed by atoms with Crippen LogP contribution in [0, 0.1) is 11.8 Å². The van der Waals surface area contributed by atoms with Gasteiger partial charge in [0.2, 0.25) is 11.8 Å². The van der Waals surface area contributed by atoms with E-state index in [1.807, 2.05) is 0 Å². The topological polar surface area (TPSA) is 69.5 Å². The number of carbonyl (C=O) groups is 2. The van der Waals surface area contributed by atoms with E-state index < -0.39 is 0 Å². The van der Waals surface area contributed by atoms with Crippen LogP contribution < -0.4 is 19.3 Å². The van der Waals surface area contributed by atoms with Crippen molar-refractivity contribution >= 4 is 17.5 Å². The van der Waals surface area contributed by atoms with Gasteiger partial charge in [0.05, 0.1) is 39.0 Å². The molecule has 2 aliphatic heterocycles. The highest BCUT2D eigenvalue weighted by atomic mass is 16.5. The number of morpholine rings is 1. The molecule has 4 rings (SSSR count). The molecule has 0 radical (unpaired) electrons. The number of hydrogen-bond donors (Lipinski definition) is 1. The van der Waals surface area contributed by atoms with Gasteiger partial charge < -0.3 is 19.1 Å². The number of rotatable bonds is 5. The van der Waals surface area contributed by atoms with E-state index in [4.69, 9.17) is 14.2 Å². The number of benzene rings is 1. The molecule has 7 nitrogen and oxygen atoms in total. The molecule has 156 valence electrons. The van der Waals surface area contributed by atoms with Crippen LogP contribution in [0.1, 0.15) is 25.7 Å². The molecule has 2 heterocycles. The van der Waals surface area contributed by atoms with Gasteiger partial charge in [-0.15, -0.1) is 0 Å². The number of imide groups is 1. The Balaban J connectivity index is 1.61. The van der Waals surface area contributed by atoms with Gasteiger partial charge in [-0.05, 0) is 37.5 Å². The minimum Gasteiger partial charge on any atom is -0.497 e. The van der Waals surface area contributed by atoms with Gasteiger partial charge >= 0.3 is 0 Å². The lowest BCUT2D eigenvalue weighted by atomic mass is 9.80. The molecule has 3 aliphatic rings. The van der Waals surface area contributed by atoms with Crippen LogP contribution >= 0.6 is 0 Å². The van der Waals surface area contributed by atoms with E-state index in [2.05, 4.69) is 6.08 Å². The zero-order valence-corrected chi connectivity index (χ0v) is 17.1. The fourth-order valence-electron chi connectivity index (χ4n) is 4.83. The Bertz CT molecular complexity index is 815. The minimum atomic E-state index is -0.309. The van der Waals surface area contributed by atoms with Crippen molar-refractivity contribution in [2.45, 2.75) is 25.7 Å². The molecule has 2 atom stereocenters. The van der Waals surface area contributed by atoms with Crippen LogP contribution in [0.25, 0.3) is 0 Å². The third-order valence-electron chi connectivity index (χ3n) is 6.28. The van der Waals surface area contributed by atoms with E-state index in [1.54, 1.807) is 25.3 Å². The van der Waals surface area contributed by atoms with Gasteiger partial charge in [-0.2, -0.15) is 0 Å². The third-order valence-corrected chi connectivity index (χ3v) is 6.28. The summed E-state index contributed by atoms with van der Waals surface area (Å²) < 4.78 is 16.2. The highest BCUT2D eigenvalue weighted by Crippen LogP contribution is 2.41. The van der Waals surface area contributed by atoms with E-state index in [1.165, 1.54) is 22.6 Å². The van der Waals surface area contributed by atoms with Crippen molar-refractivity contribution in [3.05, 3.63) is 30.0 Å². The van der Waals surface area contributed by atoms with Crippen molar-refractivity contribution in [2.75, 3.05) is 45.4 Å². The fourth-order valence-corrected chi connectivity index (χ4v) is 4.83. The molecule has 7 heteroatoms. The predicted molar refractivity (Wildman–Crippen MR) is 107 cm³/mol. The number of ether oxygens (including phenoxy) is 3. The summed E-state index contributed by atoms with van der Waals surface area (Å²) in [5.41, 5.74) is 1.79. The molecule has 2 saturated heterocycles. The molecular formula is C22H29N2O5+. The molecule has 1 aromatic rings. The van der Waals surface area contributed by atoms with Crippen LogP contribution in [0.2, 0.25) is 0 Å². The second kappa shape index (κ2) is 8.55. The maximum Gasteiger partial charge on any atom is 0.238 e. The number of carbonyl (C=O) groups excluding carboxylic acids is 2. The van der Waals surface area contributed by atoms with E-state index in [-0.39, 0.29) is 30.1 Å². The normalized spacial score (nSPS) is 25.9. The lowest BCUT2D eigenvalue weighted by molar-refractivity contribution is -0.874. The monoisotopic (exact) mass is 401 g/mol. The number of allylic oxidation sites excluding steroid dienone is 2. The Morgan fingerprint density at radius 2 is 1.90 bits per heavy atom. The maximum absolute atomic E-state index is 13.4. The Hall–Kier alpha value is -2.38. The van der Waals surface area contributed by atoms with Crippen molar-refractivity contribution in [3.8, 4) is 11.5 Å². The van der Waals surface area contributed by atoms with Crippen LogP contribution in [0.3, 0.4) is 0 Å². The first-order valence-electron chi connectivity index (χ1n) is 10.4. The average Bonchev–Trinajstić information content (AvgIpc) is 3.07. The van der Waals surface area contributed by atoms with Gasteiger partial charge in [-0.3, -0.25) is 9.59 Å². The molecule has 1 aromatic carbocycles. The first-order valence-corrected chi connectivity index (χ1v) is 10.4. The minimum absolute atomic E-state index is 0.113. The summed E-state index contributed by atoms with van der Waals surface area (Å²) in [5.74, 6) is 0.604. The van der Waals surface area contributed by atoms with Gasteiger partial charge in [0.1, 0.15) is 30.3 Å². The SMILES string of the molecule is COc1ccc(N2C(=O)C[C@@H]([C@@H]3CCCC=C3[NH+]3CCOCC3)C2=O)c(OC)c1. The zero-order valence-electron chi connectivity index (χ0n) is 17.1. The van der Waals surface area contributed by atoms with Crippen LogP contribution in [0.5, 0.6) is 11.5 Å². The summed E-state index contributed by atoms with van der Waals surface area (Å²) >= 11 is 0. The molecule has 0 aromatic heterocycles. The lowest BCUT2D eigenvalue weighted by Crippen LogP contribution is -3.13. The molecular weight excluding hydrogens is 372 g/mol. The summed E-state index contributed by atoms with van der Waals surface area (Å²) in [6.07, 6.45) is 5.60. The number of anilines is 1. The molecule has 1 N–H and O–H groups in total. The van der Waals surface area contributed by atoms with Crippen molar-refractivity contribution in [3.63, 3.8) is 0 Å². The largest absolute Gasteiger partial charge is 0.497 e. The summed E-state index contributed by atoms with van der Waals surface area (Å²) in [5, 5.41) is 0. The number of nitrogens with one attached hydrogen (secondary N) is 1.